The third-order valence-corrected chi connectivity index (χ3v) is 1.99. The summed E-state index contributed by atoms with van der Waals surface area (Å²) in [5.74, 6) is 0. The lowest BCUT2D eigenvalue weighted by molar-refractivity contribution is -0.430. The molecule has 0 fully saturated rings. The number of rotatable bonds is 1. The molecule has 4 nitrogen and oxygen atoms in total. The first-order valence-electron chi connectivity index (χ1n) is 3.15. The predicted octanol–water partition coefficient (Wildman–Crippen LogP) is 1.10. The van der Waals surface area contributed by atoms with Gasteiger partial charge in [-0.2, -0.15) is 0 Å². The second-order valence-electron chi connectivity index (χ2n) is 2.35. The largest absolute Gasteiger partial charge is 0.316 e. The molecule has 0 amide bonds. The average Bonchev–Trinajstić information content (AvgIpc) is 1.96. The van der Waals surface area contributed by atoms with Gasteiger partial charge in [0.2, 0.25) is 0 Å². The molecule has 2 unspecified atom stereocenters. The van der Waals surface area contributed by atoms with Crippen molar-refractivity contribution in [2.24, 2.45) is 5.73 Å². The molecule has 0 aromatic heterocycles. The Balaban J connectivity index is 2.98. The number of alkyl halides is 1. The third kappa shape index (κ3) is 1.70. The van der Waals surface area contributed by atoms with E-state index >= 15 is 0 Å². The van der Waals surface area contributed by atoms with Crippen LogP contribution in [0, 0.1) is 10.1 Å². The van der Waals surface area contributed by atoms with Crippen molar-refractivity contribution in [2.45, 2.75) is 12.2 Å². The highest BCUT2D eigenvalue weighted by atomic mass is 79.9. The summed E-state index contributed by atoms with van der Waals surface area (Å²) in [7, 11) is 0. The van der Waals surface area contributed by atoms with Crippen LogP contribution in [0.2, 0.25) is 0 Å². The Morgan fingerprint density at radius 2 is 2.33 bits per heavy atom. The summed E-state index contributed by atoms with van der Waals surface area (Å²) in [5, 5.41) is 10.3. The van der Waals surface area contributed by atoms with Crippen LogP contribution in [0.1, 0.15) is 0 Å². The van der Waals surface area contributed by atoms with Crippen LogP contribution in [0.3, 0.4) is 0 Å². The van der Waals surface area contributed by atoms with Gasteiger partial charge in [0.15, 0.2) is 0 Å². The Morgan fingerprint density at radius 1 is 1.75 bits per heavy atom. The molecule has 1 aliphatic carbocycles. The fourth-order valence-corrected chi connectivity index (χ4v) is 1.37. The van der Waals surface area contributed by atoms with E-state index in [0.29, 0.717) is 4.48 Å². The maximum atomic E-state index is 12.9. The Morgan fingerprint density at radius 3 is 2.83 bits per heavy atom. The van der Waals surface area contributed by atoms with Crippen molar-refractivity contribution in [2.75, 3.05) is 0 Å². The predicted molar refractivity (Wildman–Crippen MR) is 45.0 cm³/mol. The molecule has 2 N–H and O–H groups in total. The first-order valence-corrected chi connectivity index (χ1v) is 3.94. The van der Waals surface area contributed by atoms with Gasteiger partial charge in [-0.25, -0.2) is 4.39 Å². The van der Waals surface area contributed by atoms with Crippen molar-refractivity contribution in [1.29, 1.82) is 0 Å². The summed E-state index contributed by atoms with van der Waals surface area (Å²) in [4.78, 5) is 9.62. The van der Waals surface area contributed by atoms with E-state index in [9.17, 15) is 14.5 Å². The number of nitro groups is 1. The van der Waals surface area contributed by atoms with Crippen LogP contribution in [0.15, 0.2) is 22.3 Å². The van der Waals surface area contributed by atoms with E-state index in [1.165, 1.54) is 12.2 Å². The van der Waals surface area contributed by atoms with Crippen molar-refractivity contribution < 1.29 is 9.31 Å². The normalized spacial score (nSPS) is 29.2. The minimum absolute atomic E-state index is 0.308. The number of halogens is 2. The van der Waals surface area contributed by atoms with Gasteiger partial charge in [0.25, 0.3) is 5.70 Å². The van der Waals surface area contributed by atoms with E-state index in [0.717, 1.165) is 0 Å². The summed E-state index contributed by atoms with van der Waals surface area (Å²) >= 11 is 2.95. The van der Waals surface area contributed by atoms with Crippen LogP contribution >= 0.6 is 15.9 Å². The van der Waals surface area contributed by atoms with Crippen LogP contribution in [-0.4, -0.2) is 17.1 Å². The topological polar surface area (TPSA) is 69.2 Å². The van der Waals surface area contributed by atoms with E-state index < -0.39 is 17.1 Å². The van der Waals surface area contributed by atoms with Gasteiger partial charge in [0.1, 0.15) is 12.2 Å². The van der Waals surface area contributed by atoms with Gasteiger partial charge < -0.3 is 5.73 Å². The van der Waals surface area contributed by atoms with Crippen LogP contribution in [-0.2, 0) is 0 Å². The minimum atomic E-state index is -1.50. The molecule has 0 saturated carbocycles. The van der Waals surface area contributed by atoms with Gasteiger partial charge in [-0.15, -0.1) is 0 Å². The zero-order chi connectivity index (χ0) is 9.30. The van der Waals surface area contributed by atoms with E-state index in [-0.39, 0.29) is 5.70 Å². The minimum Gasteiger partial charge on any atom is -0.316 e. The lowest BCUT2D eigenvalue weighted by Gasteiger charge is -2.14. The summed E-state index contributed by atoms with van der Waals surface area (Å²) in [6.07, 6.45) is 0.906. The quantitative estimate of drug-likeness (QED) is 0.548. The molecule has 6 heteroatoms. The molecule has 0 heterocycles. The van der Waals surface area contributed by atoms with Crippen LogP contribution in [0.25, 0.3) is 0 Å². The molecule has 0 aliphatic heterocycles. The van der Waals surface area contributed by atoms with E-state index in [2.05, 4.69) is 15.9 Å². The molecule has 1 rings (SSSR count). The molecule has 0 bridgehead atoms. The molecule has 0 spiro atoms. The van der Waals surface area contributed by atoms with Crippen molar-refractivity contribution in [3.63, 3.8) is 0 Å². The number of nitrogens with zero attached hydrogens (tertiary/aromatic N) is 1. The highest BCUT2D eigenvalue weighted by Gasteiger charge is 2.31. The van der Waals surface area contributed by atoms with Gasteiger partial charge in [-0.1, -0.05) is 15.9 Å². The summed E-state index contributed by atoms with van der Waals surface area (Å²) in [5.41, 5.74) is 4.93. The molecule has 66 valence electrons. The van der Waals surface area contributed by atoms with Gasteiger partial charge in [-0.3, -0.25) is 10.1 Å². The molecule has 0 aromatic rings. The fraction of sp³-hybridized carbons (Fsp3) is 0.333. The van der Waals surface area contributed by atoms with Gasteiger partial charge in [0, 0.05) is 10.6 Å². The van der Waals surface area contributed by atoms with Gasteiger partial charge in [-0.05, 0) is 6.08 Å². The molecule has 0 saturated heterocycles. The van der Waals surface area contributed by atoms with Crippen LogP contribution in [0.5, 0.6) is 0 Å². The first-order chi connectivity index (χ1) is 5.52. The van der Waals surface area contributed by atoms with Crippen LogP contribution in [0.4, 0.5) is 4.39 Å². The third-order valence-electron chi connectivity index (χ3n) is 1.50. The summed E-state index contributed by atoms with van der Waals surface area (Å²) in [6.45, 7) is 0. The highest BCUT2D eigenvalue weighted by molar-refractivity contribution is 9.11. The number of hydrogen-bond donors (Lipinski definition) is 1. The van der Waals surface area contributed by atoms with Gasteiger partial charge >= 0.3 is 0 Å². The maximum Gasteiger partial charge on any atom is 0.267 e. The summed E-state index contributed by atoms with van der Waals surface area (Å²) < 4.78 is 13.2. The molecule has 12 heavy (non-hydrogen) atoms. The van der Waals surface area contributed by atoms with E-state index in [1.807, 2.05) is 0 Å². The summed E-state index contributed by atoms with van der Waals surface area (Å²) in [6, 6.07) is -1.17. The van der Waals surface area contributed by atoms with Crippen LogP contribution < -0.4 is 5.73 Å². The fourth-order valence-electron chi connectivity index (χ4n) is 0.879. The first kappa shape index (κ1) is 9.34. The van der Waals surface area contributed by atoms with E-state index in [4.69, 9.17) is 5.73 Å². The van der Waals surface area contributed by atoms with Gasteiger partial charge in [0.05, 0.1) is 4.92 Å². The Kier molecular flexibility index (Phi) is 2.58. The highest BCUT2D eigenvalue weighted by Crippen LogP contribution is 2.22. The number of hydrogen-bond acceptors (Lipinski definition) is 3. The number of nitrogens with two attached hydrogens (primary N) is 1. The Labute approximate surface area is 76.2 Å². The smallest absolute Gasteiger partial charge is 0.267 e. The standard InChI is InChI=1S/C6H6BrFN2O2/c7-3-1-4(8)6(9)5(2-3)10(11)12/h1-2,4,6H,9H2. The monoisotopic (exact) mass is 236 g/mol. The van der Waals surface area contributed by atoms with Crippen molar-refractivity contribution in [3.8, 4) is 0 Å². The number of allylic oxidation sites excluding steroid dienone is 2. The van der Waals surface area contributed by atoms with Crippen molar-refractivity contribution >= 4 is 15.9 Å². The Bertz CT molecular complexity index is 277. The molecular weight excluding hydrogens is 231 g/mol. The van der Waals surface area contributed by atoms with Crippen molar-refractivity contribution in [1.82, 2.24) is 0 Å². The zero-order valence-electron chi connectivity index (χ0n) is 5.91. The Hall–Kier alpha value is -0.750. The second-order valence-corrected chi connectivity index (χ2v) is 3.26. The lowest BCUT2D eigenvalue weighted by atomic mass is 10.0. The molecule has 1 aliphatic rings. The van der Waals surface area contributed by atoms with Crippen molar-refractivity contribution in [3.05, 3.63) is 32.4 Å². The molecular formula is C6H6BrFN2O2. The average molecular weight is 237 g/mol. The second kappa shape index (κ2) is 3.32. The SMILES string of the molecule is NC1C([N+](=O)[O-])=CC(Br)=CC1F. The molecule has 0 aromatic carbocycles. The maximum absolute atomic E-state index is 12.9. The molecule has 0 radical (unpaired) electrons. The lowest BCUT2D eigenvalue weighted by Crippen LogP contribution is -2.37. The molecule has 2 atom stereocenters. The van der Waals surface area contributed by atoms with E-state index in [1.54, 1.807) is 0 Å². The zero-order valence-corrected chi connectivity index (χ0v) is 7.49.